The fraction of sp³-hybridized carbons (Fsp3) is 0.429. The highest BCUT2D eigenvalue weighted by Gasteiger charge is 2.30. The van der Waals surface area contributed by atoms with Crippen LogP contribution < -0.4 is 11.1 Å². The van der Waals surface area contributed by atoms with E-state index in [1.807, 2.05) is 7.05 Å². The molecule has 0 saturated carbocycles. The summed E-state index contributed by atoms with van der Waals surface area (Å²) in [6, 6.07) is 1.30. The Balaban J connectivity index is 2.42. The van der Waals surface area contributed by atoms with Gasteiger partial charge in [-0.15, -0.1) is 0 Å². The standard InChI is InChI=1S/C14H16N4O4/c1-7-10(18(21)22)6-8-12(16-14(20)13(19)15-8)11(7)9-4-3-5-17(9)2/h6,9H,3-5H2,1-2H3,(H,15,19)(H,16,20). The lowest BCUT2D eigenvalue weighted by molar-refractivity contribution is -0.385. The van der Waals surface area contributed by atoms with Crippen molar-refractivity contribution in [1.29, 1.82) is 0 Å². The smallest absolute Gasteiger partial charge is 0.314 e. The molecule has 1 fully saturated rings. The van der Waals surface area contributed by atoms with Crippen LogP contribution in [0.4, 0.5) is 5.69 Å². The third-order valence-corrected chi connectivity index (χ3v) is 4.35. The summed E-state index contributed by atoms with van der Waals surface area (Å²) in [5.41, 5.74) is 0.407. The molecule has 0 spiro atoms. The number of fused-ring (bicyclic) bond motifs is 1. The lowest BCUT2D eigenvalue weighted by Gasteiger charge is -2.23. The Morgan fingerprint density at radius 2 is 2.00 bits per heavy atom. The molecule has 8 nitrogen and oxygen atoms in total. The maximum Gasteiger partial charge on any atom is 0.314 e. The maximum atomic E-state index is 11.7. The van der Waals surface area contributed by atoms with E-state index >= 15 is 0 Å². The van der Waals surface area contributed by atoms with Gasteiger partial charge in [0.05, 0.1) is 16.0 Å². The second-order valence-corrected chi connectivity index (χ2v) is 5.66. The molecule has 2 N–H and O–H groups in total. The van der Waals surface area contributed by atoms with Crippen LogP contribution in [0.1, 0.15) is 30.0 Å². The lowest BCUT2D eigenvalue weighted by atomic mass is 9.96. The number of H-pyrrole nitrogens is 2. The highest BCUT2D eigenvalue weighted by atomic mass is 16.6. The monoisotopic (exact) mass is 304 g/mol. The molecule has 0 amide bonds. The second kappa shape index (κ2) is 5.06. The summed E-state index contributed by atoms with van der Waals surface area (Å²) in [4.78, 5) is 41.1. The molecule has 1 aromatic carbocycles. The summed E-state index contributed by atoms with van der Waals surface area (Å²) in [5.74, 6) is 0. The molecule has 1 aliphatic heterocycles. The predicted molar refractivity (Wildman–Crippen MR) is 81.2 cm³/mol. The first-order valence-electron chi connectivity index (χ1n) is 7.04. The molecule has 2 aromatic rings. The van der Waals surface area contributed by atoms with Gasteiger partial charge in [-0.05, 0) is 33.4 Å². The first-order valence-corrected chi connectivity index (χ1v) is 7.04. The number of nitrogens with one attached hydrogen (secondary N) is 2. The van der Waals surface area contributed by atoms with E-state index in [1.54, 1.807) is 6.92 Å². The van der Waals surface area contributed by atoms with Gasteiger partial charge in [0.15, 0.2) is 0 Å². The fourth-order valence-electron chi connectivity index (χ4n) is 3.25. The average molecular weight is 304 g/mol. The molecule has 0 bridgehead atoms. The number of hydrogen-bond donors (Lipinski definition) is 2. The molecular formula is C14H16N4O4. The van der Waals surface area contributed by atoms with Crippen molar-refractivity contribution in [3.8, 4) is 0 Å². The molecule has 116 valence electrons. The Bertz CT molecular complexity index is 883. The molecular weight excluding hydrogens is 288 g/mol. The van der Waals surface area contributed by atoms with Crippen molar-refractivity contribution in [3.63, 3.8) is 0 Å². The molecule has 1 atom stereocenters. The van der Waals surface area contributed by atoms with Gasteiger partial charge in [0, 0.05) is 23.2 Å². The molecule has 8 heteroatoms. The fourth-order valence-corrected chi connectivity index (χ4v) is 3.25. The van der Waals surface area contributed by atoms with Crippen LogP contribution in [0.2, 0.25) is 0 Å². The van der Waals surface area contributed by atoms with Crippen molar-refractivity contribution in [3.05, 3.63) is 48.0 Å². The summed E-state index contributed by atoms with van der Waals surface area (Å²) in [6.45, 7) is 2.57. The number of nitro groups is 1. The Kier molecular flexibility index (Phi) is 3.32. The number of aromatic nitrogens is 2. The second-order valence-electron chi connectivity index (χ2n) is 5.66. The molecule has 1 unspecified atom stereocenters. The molecule has 2 heterocycles. The van der Waals surface area contributed by atoms with Gasteiger partial charge >= 0.3 is 11.1 Å². The summed E-state index contributed by atoms with van der Waals surface area (Å²) < 4.78 is 0. The molecule has 0 aliphatic carbocycles. The number of benzene rings is 1. The minimum Gasteiger partial charge on any atom is -0.316 e. The average Bonchev–Trinajstić information content (AvgIpc) is 2.86. The van der Waals surface area contributed by atoms with E-state index in [0.717, 1.165) is 24.9 Å². The molecule has 0 radical (unpaired) electrons. The molecule has 22 heavy (non-hydrogen) atoms. The van der Waals surface area contributed by atoms with Gasteiger partial charge in [-0.2, -0.15) is 0 Å². The third kappa shape index (κ3) is 2.12. The summed E-state index contributed by atoms with van der Waals surface area (Å²) in [5, 5.41) is 11.3. The van der Waals surface area contributed by atoms with E-state index in [1.165, 1.54) is 6.07 Å². The molecule has 1 aromatic heterocycles. The van der Waals surface area contributed by atoms with Crippen LogP contribution in [-0.4, -0.2) is 33.4 Å². The van der Waals surface area contributed by atoms with Crippen LogP contribution in [0.5, 0.6) is 0 Å². The lowest BCUT2D eigenvalue weighted by Crippen LogP contribution is -2.30. The van der Waals surface area contributed by atoms with Gasteiger partial charge in [0.1, 0.15) is 0 Å². The van der Waals surface area contributed by atoms with Crippen LogP contribution in [0.25, 0.3) is 11.0 Å². The van der Waals surface area contributed by atoms with Gasteiger partial charge in [-0.25, -0.2) is 0 Å². The highest BCUT2D eigenvalue weighted by molar-refractivity contribution is 5.83. The van der Waals surface area contributed by atoms with Gasteiger partial charge in [0.25, 0.3) is 5.69 Å². The largest absolute Gasteiger partial charge is 0.316 e. The van der Waals surface area contributed by atoms with Crippen LogP contribution in [-0.2, 0) is 0 Å². The number of rotatable bonds is 2. The van der Waals surface area contributed by atoms with E-state index in [2.05, 4.69) is 14.9 Å². The van der Waals surface area contributed by atoms with Crippen molar-refractivity contribution in [2.24, 2.45) is 0 Å². The first-order chi connectivity index (χ1) is 10.4. The Labute approximate surface area is 124 Å². The Morgan fingerprint density at radius 1 is 1.32 bits per heavy atom. The summed E-state index contributed by atoms with van der Waals surface area (Å²) >= 11 is 0. The van der Waals surface area contributed by atoms with Crippen molar-refractivity contribution in [1.82, 2.24) is 14.9 Å². The summed E-state index contributed by atoms with van der Waals surface area (Å²) in [6.07, 6.45) is 1.84. The van der Waals surface area contributed by atoms with Gasteiger partial charge in [0.2, 0.25) is 0 Å². The quantitative estimate of drug-likeness (QED) is 0.492. The number of hydrogen-bond acceptors (Lipinski definition) is 5. The zero-order chi connectivity index (χ0) is 16.0. The van der Waals surface area contributed by atoms with E-state index in [9.17, 15) is 19.7 Å². The third-order valence-electron chi connectivity index (χ3n) is 4.35. The maximum absolute atomic E-state index is 11.7. The van der Waals surface area contributed by atoms with Crippen LogP contribution in [0.3, 0.4) is 0 Å². The number of aromatic amines is 2. The normalized spacial score (nSPS) is 18.9. The Hall–Kier alpha value is -2.48. The van der Waals surface area contributed by atoms with E-state index in [-0.39, 0.29) is 17.2 Å². The summed E-state index contributed by atoms with van der Waals surface area (Å²) in [7, 11) is 1.95. The first kappa shape index (κ1) is 14.5. The van der Waals surface area contributed by atoms with E-state index in [0.29, 0.717) is 11.1 Å². The van der Waals surface area contributed by atoms with Crippen molar-refractivity contribution >= 4 is 16.7 Å². The van der Waals surface area contributed by atoms with Crippen LogP contribution in [0, 0.1) is 17.0 Å². The predicted octanol–water partition coefficient (Wildman–Crippen LogP) is 1.20. The van der Waals surface area contributed by atoms with Gasteiger partial charge in [-0.3, -0.25) is 24.6 Å². The zero-order valence-corrected chi connectivity index (χ0v) is 12.3. The topological polar surface area (TPSA) is 112 Å². The molecule has 3 rings (SSSR count). The van der Waals surface area contributed by atoms with E-state index in [4.69, 9.17) is 0 Å². The zero-order valence-electron chi connectivity index (χ0n) is 12.3. The minimum atomic E-state index is -0.809. The number of likely N-dealkylation sites (tertiary alicyclic amines) is 1. The number of nitro benzene ring substituents is 1. The Morgan fingerprint density at radius 3 is 2.59 bits per heavy atom. The molecule has 1 aliphatic rings. The van der Waals surface area contributed by atoms with Crippen LogP contribution in [0.15, 0.2) is 15.7 Å². The number of nitrogens with zero attached hydrogens (tertiary/aromatic N) is 2. The van der Waals surface area contributed by atoms with Crippen LogP contribution >= 0.6 is 0 Å². The van der Waals surface area contributed by atoms with Gasteiger partial charge < -0.3 is 9.97 Å². The van der Waals surface area contributed by atoms with Crippen molar-refractivity contribution in [2.75, 3.05) is 13.6 Å². The van der Waals surface area contributed by atoms with E-state index < -0.39 is 16.0 Å². The SMILES string of the molecule is Cc1c([N+](=O)[O-])cc2[nH]c(=O)c(=O)[nH]c2c1C1CCCN1C. The van der Waals surface area contributed by atoms with Crippen molar-refractivity contribution in [2.45, 2.75) is 25.8 Å². The minimum absolute atomic E-state index is 0.0102. The highest BCUT2D eigenvalue weighted by Crippen LogP contribution is 2.38. The van der Waals surface area contributed by atoms with Gasteiger partial charge in [-0.1, -0.05) is 0 Å². The molecule has 1 saturated heterocycles. The van der Waals surface area contributed by atoms with Crippen molar-refractivity contribution < 1.29 is 4.92 Å².